The normalized spacial score (nSPS) is 15.6. The third kappa shape index (κ3) is 3.99. The monoisotopic (exact) mass is 701 g/mol. The largest absolute Gasteiger partial charge is 0.231 e. The van der Waals surface area contributed by atoms with Crippen LogP contribution >= 0.6 is 0 Å². The second-order valence-corrected chi connectivity index (χ2v) is 15.4. The van der Waals surface area contributed by atoms with E-state index in [0.29, 0.717) is 0 Å². The Balaban J connectivity index is 1.18. The Morgan fingerprint density at radius 1 is 0.491 bits per heavy atom. The third-order valence-electron chi connectivity index (χ3n) is 12.7. The SMILES string of the molecule is CCC[N+]1=Nc2ccccc2C1c1ccc(-c2cc3c(c4ccccc24)C2(c4ccccc4-c4ccccc42)c2c-3c3ccccc3c3ccccc23)cc1. The van der Waals surface area contributed by atoms with Gasteiger partial charge in [0.25, 0.3) is 0 Å². The summed E-state index contributed by atoms with van der Waals surface area (Å²) in [6.07, 6.45) is 1.05. The average Bonchev–Trinajstić information content (AvgIpc) is 3.88. The summed E-state index contributed by atoms with van der Waals surface area (Å²) in [5.41, 5.74) is 16.6. The first kappa shape index (κ1) is 30.8. The number of benzene rings is 9. The molecule has 3 aliphatic rings. The standard InChI is InChI=1S/C53H37N2/c1-2-31-55-52(43-23-11-14-26-48(43)54-55)34-29-27-33(28-30-34)44-32-45-49-40-20-6-3-15-35(40)36-16-4-8-22-42(36)51(49)53(50(45)41-21-7-5-17-37(41)44)46-24-12-9-18-38(46)39-19-10-13-25-47(39)53/h3-30,32,52H,2,31H2,1H3/q+1. The van der Waals surface area contributed by atoms with Crippen LogP contribution in [-0.2, 0) is 5.41 Å². The zero-order valence-electron chi connectivity index (χ0n) is 30.6. The molecule has 0 bridgehead atoms. The highest BCUT2D eigenvalue weighted by Gasteiger charge is 2.54. The predicted octanol–water partition coefficient (Wildman–Crippen LogP) is 13.8. The van der Waals surface area contributed by atoms with Gasteiger partial charge >= 0.3 is 0 Å². The van der Waals surface area contributed by atoms with Gasteiger partial charge in [0.1, 0.15) is 5.69 Å². The van der Waals surface area contributed by atoms with Gasteiger partial charge in [-0.1, -0.05) is 165 Å². The van der Waals surface area contributed by atoms with Gasteiger partial charge in [0, 0.05) is 12.0 Å². The highest BCUT2D eigenvalue weighted by atomic mass is 15.3. The Hall–Kier alpha value is -6.64. The molecule has 1 unspecified atom stereocenters. The Morgan fingerprint density at radius 3 is 1.73 bits per heavy atom. The lowest BCUT2D eigenvalue weighted by Crippen LogP contribution is -2.26. The molecule has 1 atom stereocenters. The molecule has 9 aromatic carbocycles. The Kier molecular flexibility index (Phi) is 6.40. The second-order valence-electron chi connectivity index (χ2n) is 15.4. The van der Waals surface area contributed by atoms with Crippen molar-refractivity contribution in [3.05, 3.63) is 209 Å². The van der Waals surface area contributed by atoms with Crippen molar-refractivity contribution >= 4 is 38.0 Å². The first-order valence-electron chi connectivity index (χ1n) is 19.6. The van der Waals surface area contributed by atoms with Crippen LogP contribution in [0.15, 0.2) is 181 Å². The molecule has 258 valence electrons. The quantitative estimate of drug-likeness (QED) is 0.128. The third-order valence-corrected chi connectivity index (χ3v) is 12.7. The maximum absolute atomic E-state index is 5.03. The van der Waals surface area contributed by atoms with E-state index in [1.165, 1.54) is 99.1 Å². The fourth-order valence-corrected chi connectivity index (χ4v) is 10.7. The van der Waals surface area contributed by atoms with E-state index in [1.54, 1.807) is 0 Å². The molecule has 0 aromatic heterocycles. The lowest BCUT2D eigenvalue weighted by Gasteiger charge is -2.33. The van der Waals surface area contributed by atoms with Gasteiger partial charge in [-0.2, -0.15) is 0 Å². The molecule has 0 N–H and O–H groups in total. The first-order valence-corrected chi connectivity index (χ1v) is 19.6. The highest BCUT2D eigenvalue weighted by molar-refractivity contribution is 6.22. The van der Waals surface area contributed by atoms with Gasteiger partial charge in [-0.05, 0) is 111 Å². The van der Waals surface area contributed by atoms with E-state index in [0.717, 1.165) is 18.7 Å². The number of nitrogens with zero attached hydrogens (tertiary/aromatic N) is 2. The van der Waals surface area contributed by atoms with Crippen molar-refractivity contribution in [1.82, 2.24) is 0 Å². The van der Waals surface area contributed by atoms with Crippen molar-refractivity contribution in [3.8, 4) is 33.4 Å². The molecule has 0 radical (unpaired) electrons. The summed E-state index contributed by atoms with van der Waals surface area (Å²) in [6.45, 7) is 3.15. The Labute approximate surface area is 320 Å². The molecule has 2 nitrogen and oxygen atoms in total. The topological polar surface area (TPSA) is 15.4 Å². The van der Waals surface area contributed by atoms with Gasteiger partial charge in [0.2, 0.25) is 6.04 Å². The van der Waals surface area contributed by atoms with Crippen LogP contribution in [0, 0.1) is 0 Å². The van der Waals surface area contributed by atoms with Crippen molar-refractivity contribution in [3.63, 3.8) is 0 Å². The molecular weight excluding hydrogens is 665 g/mol. The molecule has 9 aromatic rings. The molecule has 0 saturated carbocycles. The fourth-order valence-electron chi connectivity index (χ4n) is 10.7. The van der Waals surface area contributed by atoms with Gasteiger partial charge < -0.3 is 0 Å². The van der Waals surface area contributed by atoms with Crippen LogP contribution in [0.4, 0.5) is 5.69 Å². The van der Waals surface area contributed by atoms with Crippen LogP contribution in [0.5, 0.6) is 0 Å². The van der Waals surface area contributed by atoms with Crippen LogP contribution in [0.25, 0.3) is 65.7 Å². The van der Waals surface area contributed by atoms with E-state index in [1.807, 2.05) is 0 Å². The van der Waals surface area contributed by atoms with E-state index >= 15 is 0 Å². The molecule has 1 spiro atoms. The predicted molar refractivity (Wildman–Crippen MR) is 226 cm³/mol. The van der Waals surface area contributed by atoms with E-state index in [-0.39, 0.29) is 6.04 Å². The lowest BCUT2D eigenvalue weighted by atomic mass is 9.68. The summed E-state index contributed by atoms with van der Waals surface area (Å²) >= 11 is 0. The van der Waals surface area contributed by atoms with Crippen LogP contribution in [0.2, 0.25) is 0 Å². The molecule has 1 heterocycles. The van der Waals surface area contributed by atoms with E-state index in [4.69, 9.17) is 5.11 Å². The van der Waals surface area contributed by atoms with Crippen LogP contribution in [-0.4, -0.2) is 11.2 Å². The van der Waals surface area contributed by atoms with Crippen LogP contribution in [0.3, 0.4) is 0 Å². The number of hydrogen-bond acceptors (Lipinski definition) is 1. The summed E-state index contributed by atoms with van der Waals surface area (Å²) in [4.78, 5) is 0. The van der Waals surface area contributed by atoms with E-state index < -0.39 is 5.41 Å². The smallest absolute Gasteiger partial charge is 0.111 e. The summed E-state index contributed by atoms with van der Waals surface area (Å²) in [6, 6.07) is 66.3. The van der Waals surface area contributed by atoms with Gasteiger partial charge in [-0.15, -0.1) is 4.70 Å². The minimum atomic E-state index is -0.481. The second kappa shape index (κ2) is 11.4. The van der Waals surface area contributed by atoms with Crippen molar-refractivity contribution in [2.45, 2.75) is 24.8 Å². The zero-order valence-corrected chi connectivity index (χ0v) is 30.6. The minimum absolute atomic E-state index is 0.121. The highest BCUT2D eigenvalue weighted by Crippen LogP contribution is 2.67. The molecule has 12 rings (SSSR count). The van der Waals surface area contributed by atoms with Crippen molar-refractivity contribution in [1.29, 1.82) is 0 Å². The van der Waals surface area contributed by atoms with Crippen LogP contribution < -0.4 is 0 Å². The Morgan fingerprint density at radius 2 is 1.04 bits per heavy atom. The first-order chi connectivity index (χ1) is 27.3. The van der Waals surface area contributed by atoms with Gasteiger partial charge in [0.05, 0.1) is 11.0 Å². The van der Waals surface area contributed by atoms with Gasteiger partial charge in [-0.25, -0.2) is 0 Å². The number of rotatable bonds is 4. The van der Waals surface area contributed by atoms with E-state index in [9.17, 15) is 0 Å². The molecule has 2 aliphatic carbocycles. The molecule has 0 fully saturated rings. The van der Waals surface area contributed by atoms with Gasteiger partial charge in [0.15, 0.2) is 6.54 Å². The molecule has 0 saturated heterocycles. The number of fused-ring (bicyclic) bond motifs is 18. The Bertz CT molecular complexity index is 3070. The minimum Gasteiger partial charge on any atom is -0.111 e. The summed E-state index contributed by atoms with van der Waals surface area (Å²) in [7, 11) is 0. The summed E-state index contributed by atoms with van der Waals surface area (Å²) < 4.78 is 2.27. The fraction of sp³-hybridized carbons (Fsp3) is 0.0943. The molecular formula is C53H37N2+. The van der Waals surface area contributed by atoms with Crippen LogP contribution in [0.1, 0.15) is 52.8 Å². The maximum Gasteiger partial charge on any atom is 0.231 e. The van der Waals surface area contributed by atoms with Crippen molar-refractivity contribution in [2.24, 2.45) is 5.11 Å². The molecule has 55 heavy (non-hydrogen) atoms. The molecule has 0 amide bonds. The zero-order chi connectivity index (χ0) is 36.3. The average molecular weight is 702 g/mol. The maximum atomic E-state index is 5.03. The molecule has 2 heteroatoms. The van der Waals surface area contributed by atoms with Gasteiger partial charge in [-0.3, -0.25) is 0 Å². The van der Waals surface area contributed by atoms with Crippen molar-refractivity contribution in [2.75, 3.05) is 6.54 Å². The van der Waals surface area contributed by atoms with Crippen molar-refractivity contribution < 1.29 is 4.70 Å². The molecule has 1 aliphatic heterocycles. The number of azo groups is 2. The summed E-state index contributed by atoms with van der Waals surface area (Å²) in [5, 5.41) is 12.9. The lowest BCUT2D eigenvalue weighted by molar-refractivity contribution is -0.615. The number of hydrogen-bond donors (Lipinski definition) is 0. The summed E-state index contributed by atoms with van der Waals surface area (Å²) in [5.74, 6) is 0. The van der Waals surface area contributed by atoms with E-state index in [2.05, 4.69) is 188 Å².